The van der Waals surface area contributed by atoms with Crippen molar-refractivity contribution in [3.63, 3.8) is 0 Å². The van der Waals surface area contributed by atoms with Gasteiger partial charge < -0.3 is 0 Å². The van der Waals surface area contributed by atoms with Gasteiger partial charge in [0.15, 0.2) is 0 Å². The van der Waals surface area contributed by atoms with Crippen molar-refractivity contribution in [3.05, 3.63) is 101 Å². The fourth-order valence-corrected chi connectivity index (χ4v) is 3.41. The molecule has 1 aromatic heterocycles. The highest BCUT2D eigenvalue weighted by Crippen LogP contribution is 2.38. The van der Waals surface area contributed by atoms with Crippen molar-refractivity contribution in [2.45, 2.75) is 18.8 Å². The molecule has 0 amide bonds. The van der Waals surface area contributed by atoms with Gasteiger partial charge in [0.1, 0.15) is 5.82 Å². The molecular weight excluding hydrogens is 273 g/mol. The number of aryl methyl sites for hydroxylation is 2. The van der Waals surface area contributed by atoms with E-state index in [2.05, 4.69) is 23.2 Å². The summed E-state index contributed by atoms with van der Waals surface area (Å²) in [6, 6.07) is 19.6. The van der Waals surface area contributed by atoms with Crippen LogP contribution in [0, 0.1) is 5.82 Å². The Bertz CT molecular complexity index is 811. The van der Waals surface area contributed by atoms with Gasteiger partial charge in [-0.05, 0) is 53.3 Å². The summed E-state index contributed by atoms with van der Waals surface area (Å²) in [5.74, 6) is -0.120. The molecule has 0 N–H and O–H groups in total. The highest BCUT2D eigenvalue weighted by Gasteiger charge is 2.25. The van der Waals surface area contributed by atoms with Gasteiger partial charge in [-0.25, -0.2) is 4.39 Å². The first-order valence-corrected chi connectivity index (χ1v) is 7.60. The summed E-state index contributed by atoms with van der Waals surface area (Å²) in [6.07, 6.45) is 3.65. The Morgan fingerprint density at radius 2 is 1.73 bits per heavy atom. The molecule has 0 fully saturated rings. The van der Waals surface area contributed by atoms with Crippen molar-refractivity contribution in [2.75, 3.05) is 0 Å². The van der Waals surface area contributed by atoms with Crippen molar-refractivity contribution in [2.24, 2.45) is 0 Å². The van der Waals surface area contributed by atoms with Crippen LogP contribution in [0.5, 0.6) is 0 Å². The number of halogens is 1. The van der Waals surface area contributed by atoms with Crippen LogP contribution in [-0.4, -0.2) is 4.98 Å². The standard InChI is InChI=1S/C20H16FN/c21-16-10-8-14-9-11-19-17(7-4-12-22-19)20(18(14)13-16)15-5-2-1-3-6-15/h1-8,10,12-13,20H,9,11H2. The zero-order valence-electron chi connectivity index (χ0n) is 12.2. The largest absolute Gasteiger partial charge is 0.261 e. The molecule has 1 heterocycles. The first kappa shape index (κ1) is 13.2. The monoisotopic (exact) mass is 289 g/mol. The number of fused-ring (bicyclic) bond motifs is 2. The summed E-state index contributed by atoms with van der Waals surface area (Å²) in [6.45, 7) is 0. The number of pyridine rings is 1. The SMILES string of the molecule is Fc1ccc2c(c1)C(c1ccccc1)c1cccnc1CC2. The van der Waals surface area contributed by atoms with Crippen molar-refractivity contribution in [1.82, 2.24) is 4.98 Å². The van der Waals surface area contributed by atoms with Crippen LogP contribution in [0.15, 0.2) is 66.9 Å². The molecule has 0 saturated heterocycles. The zero-order chi connectivity index (χ0) is 14.9. The van der Waals surface area contributed by atoms with E-state index >= 15 is 0 Å². The smallest absolute Gasteiger partial charge is 0.123 e. The topological polar surface area (TPSA) is 12.9 Å². The van der Waals surface area contributed by atoms with Crippen LogP contribution < -0.4 is 0 Å². The zero-order valence-corrected chi connectivity index (χ0v) is 12.2. The van der Waals surface area contributed by atoms with E-state index < -0.39 is 0 Å². The lowest BCUT2D eigenvalue weighted by atomic mass is 9.84. The van der Waals surface area contributed by atoms with Gasteiger partial charge in [0.2, 0.25) is 0 Å². The number of aromatic nitrogens is 1. The van der Waals surface area contributed by atoms with Crippen LogP contribution in [0.25, 0.3) is 0 Å². The van der Waals surface area contributed by atoms with Gasteiger partial charge in [-0.2, -0.15) is 0 Å². The van der Waals surface area contributed by atoms with Gasteiger partial charge in [-0.15, -0.1) is 0 Å². The molecular formula is C20H16FN. The fraction of sp³-hybridized carbons (Fsp3) is 0.150. The second-order valence-corrected chi connectivity index (χ2v) is 5.73. The first-order chi connectivity index (χ1) is 10.8. The van der Waals surface area contributed by atoms with Crippen LogP contribution in [0.3, 0.4) is 0 Å². The third-order valence-electron chi connectivity index (χ3n) is 4.42. The molecule has 0 radical (unpaired) electrons. The normalized spacial score (nSPS) is 16.5. The lowest BCUT2D eigenvalue weighted by Gasteiger charge is -2.20. The average molecular weight is 289 g/mol. The number of nitrogens with zero attached hydrogens (tertiary/aromatic N) is 1. The molecule has 22 heavy (non-hydrogen) atoms. The van der Waals surface area contributed by atoms with E-state index in [4.69, 9.17) is 0 Å². The van der Waals surface area contributed by atoms with Gasteiger partial charge in [-0.1, -0.05) is 42.5 Å². The Balaban J connectivity index is 2.00. The van der Waals surface area contributed by atoms with Gasteiger partial charge in [0.25, 0.3) is 0 Å². The maximum Gasteiger partial charge on any atom is 0.123 e. The van der Waals surface area contributed by atoms with Crippen LogP contribution >= 0.6 is 0 Å². The molecule has 0 spiro atoms. The van der Waals surface area contributed by atoms with E-state index in [9.17, 15) is 4.39 Å². The summed E-state index contributed by atoms with van der Waals surface area (Å²) in [7, 11) is 0. The van der Waals surface area contributed by atoms with E-state index in [1.165, 1.54) is 16.7 Å². The molecule has 1 atom stereocenters. The Labute approximate surface area is 129 Å². The van der Waals surface area contributed by atoms with Crippen LogP contribution in [-0.2, 0) is 12.8 Å². The van der Waals surface area contributed by atoms with E-state index in [0.29, 0.717) is 0 Å². The molecule has 4 rings (SSSR count). The maximum atomic E-state index is 13.9. The van der Waals surface area contributed by atoms with Gasteiger partial charge >= 0.3 is 0 Å². The molecule has 1 nitrogen and oxygen atoms in total. The van der Waals surface area contributed by atoms with Crippen LogP contribution in [0.4, 0.5) is 4.39 Å². The molecule has 1 unspecified atom stereocenters. The summed E-state index contributed by atoms with van der Waals surface area (Å²) in [4.78, 5) is 4.57. The lowest BCUT2D eigenvalue weighted by Crippen LogP contribution is -2.07. The number of rotatable bonds is 1. The van der Waals surface area contributed by atoms with E-state index in [1.807, 2.05) is 36.5 Å². The number of hydrogen-bond donors (Lipinski definition) is 0. The highest BCUT2D eigenvalue weighted by molar-refractivity contribution is 5.49. The number of hydrogen-bond acceptors (Lipinski definition) is 1. The van der Waals surface area contributed by atoms with Crippen molar-refractivity contribution in [3.8, 4) is 0 Å². The highest BCUT2D eigenvalue weighted by atomic mass is 19.1. The molecule has 1 aliphatic rings. The quantitative estimate of drug-likeness (QED) is 0.643. The van der Waals surface area contributed by atoms with Gasteiger partial charge in [0.05, 0.1) is 0 Å². The Kier molecular flexibility index (Phi) is 3.23. The van der Waals surface area contributed by atoms with E-state index in [-0.39, 0.29) is 11.7 Å². The third kappa shape index (κ3) is 2.21. The van der Waals surface area contributed by atoms with Crippen molar-refractivity contribution in [1.29, 1.82) is 0 Å². The van der Waals surface area contributed by atoms with E-state index in [0.717, 1.165) is 24.1 Å². The van der Waals surface area contributed by atoms with Crippen molar-refractivity contribution < 1.29 is 4.39 Å². The molecule has 2 aromatic carbocycles. The Hall–Kier alpha value is -2.48. The lowest BCUT2D eigenvalue weighted by molar-refractivity contribution is 0.624. The molecule has 108 valence electrons. The number of benzene rings is 2. The molecule has 1 aliphatic carbocycles. The Morgan fingerprint density at radius 3 is 2.59 bits per heavy atom. The van der Waals surface area contributed by atoms with Gasteiger partial charge in [0, 0.05) is 17.8 Å². The van der Waals surface area contributed by atoms with E-state index in [1.54, 1.807) is 12.1 Å². The minimum atomic E-state index is -0.174. The summed E-state index contributed by atoms with van der Waals surface area (Å²) in [5.41, 5.74) is 5.78. The minimum absolute atomic E-state index is 0.0538. The minimum Gasteiger partial charge on any atom is -0.261 e. The summed E-state index contributed by atoms with van der Waals surface area (Å²) >= 11 is 0. The second-order valence-electron chi connectivity index (χ2n) is 5.73. The first-order valence-electron chi connectivity index (χ1n) is 7.60. The molecule has 0 bridgehead atoms. The molecule has 0 aliphatic heterocycles. The molecule has 2 heteroatoms. The summed E-state index contributed by atoms with van der Waals surface area (Å²) < 4.78 is 13.9. The van der Waals surface area contributed by atoms with Gasteiger partial charge in [-0.3, -0.25) is 4.98 Å². The molecule has 0 saturated carbocycles. The average Bonchev–Trinajstić information content (AvgIpc) is 2.72. The van der Waals surface area contributed by atoms with Crippen molar-refractivity contribution >= 4 is 0 Å². The maximum absolute atomic E-state index is 13.9. The molecule has 3 aromatic rings. The Morgan fingerprint density at radius 1 is 0.864 bits per heavy atom. The van der Waals surface area contributed by atoms with Crippen LogP contribution in [0.1, 0.15) is 33.9 Å². The van der Waals surface area contributed by atoms with Crippen LogP contribution in [0.2, 0.25) is 0 Å². The predicted molar refractivity (Wildman–Crippen MR) is 85.4 cm³/mol. The predicted octanol–water partition coefficient (Wildman–Crippen LogP) is 4.50. The third-order valence-corrected chi connectivity index (χ3v) is 4.42. The summed E-state index contributed by atoms with van der Waals surface area (Å²) in [5, 5.41) is 0. The fourth-order valence-electron chi connectivity index (χ4n) is 3.41. The second kappa shape index (κ2) is 5.38.